The van der Waals surface area contributed by atoms with Gasteiger partial charge >= 0.3 is 6.09 Å². The average molecular weight is 300 g/mol. The van der Waals surface area contributed by atoms with E-state index in [4.69, 9.17) is 4.74 Å². The van der Waals surface area contributed by atoms with E-state index in [2.05, 4.69) is 4.98 Å². The lowest BCUT2D eigenvalue weighted by Gasteiger charge is -2.28. The van der Waals surface area contributed by atoms with Gasteiger partial charge in [-0.05, 0) is 33.6 Å². The largest absolute Gasteiger partial charge is 0.444 e. The fraction of sp³-hybridized carbons (Fsp3) is 0.692. The predicted molar refractivity (Wildman–Crippen MR) is 78.8 cm³/mol. The minimum atomic E-state index is -0.424. The van der Waals surface area contributed by atoms with Crippen molar-refractivity contribution in [3.05, 3.63) is 11.6 Å². The van der Waals surface area contributed by atoms with Crippen LogP contribution in [0.1, 0.15) is 33.6 Å². The van der Waals surface area contributed by atoms with Gasteiger partial charge in [-0.1, -0.05) is 11.8 Å². The van der Waals surface area contributed by atoms with Gasteiger partial charge in [0.15, 0.2) is 0 Å². The van der Waals surface area contributed by atoms with Gasteiger partial charge < -0.3 is 9.64 Å². The topological polar surface area (TPSA) is 42.4 Å². The number of hydrogen-bond acceptors (Lipinski definition) is 5. The van der Waals surface area contributed by atoms with Gasteiger partial charge in [-0.25, -0.2) is 9.78 Å². The molecule has 1 fully saturated rings. The molecule has 1 aromatic heterocycles. The van der Waals surface area contributed by atoms with E-state index in [-0.39, 0.29) is 12.1 Å². The Morgan fingerprint density at radius 1 is 1.63 bits per heavy atom. The van der Waals surface area contributed by atoms with Gasteiger partial charge in [-0.3, -0.25) is 0 Å². The van der Waals surface area contributed by atoms with Gasteiger partial charge in [0.1, 0.15) is 9.94 Å². The van der Waals surface area contributed by atoms with Gasteiger partial charge in [0, 0.05) is 29.9 Å². The summed E-state index contributed by atoms with van der Waals surface area (Å²) in [5.41, 5.74) is -0.424. The number of aromatic nitrogens is 1. The van der Waals surface area contributed by atoms with Gasteiger partial charge in [0.2, 0.25) is 0 Å². The minimum absolute atomic E-state index is 0.185. The molecule has 4 nitrogen and oxygen atoms in total. The van der Waals surface area contributed by atoms with Crippen molar-refractivity contribution < 1.29 is 9.53 Å². The molecule has 0 radical (unpaired) electrons. The van der Waals surface area contributed by atoms with E-state index in [1.54, 1.807) is 23.1 Å². The first kappa shape index (κ1) is 14.7. The normalized spacial score (nSPS) is 19.7. The summed E-state index contributed by atoms with van der Waals surface area (Å²) in [7, 11) is 0. The second-order valence-electron chi connectivity index (χ2n) is 5.58. The molecule has 0 aromatic carbocycles. The van der Waals surface area contributed by atoms with E-state index < -0.39 is 5.60 Å². The van der Waals surface area contributed by atoms with Crippen LogP contribution < -0.4 is 0 Å². The summed E-state index contributed by atoms with van der Waals surface area (Å²) < 4.78 is 6.52. The molecule has 1 aromatic rings. The Hall–Kier alpha value is -0.750. The van der Waals surface area contributed by atoms with Gasteiger partial charge in [-0.2, -0.15) is 0 Å². The molecule has 0 bridgehead atoms. The molecule has 1 aliphatic heterocycles. The summed E-state index contributed by atoms with van der Waals surface area (Å²) >= 11 is 3.36. The number of likely N-dealkylation sites (tertiary alicyclic amines) is 1. The number of nitrogens with zero attached hydrogens (tertiary/aromatic N) is 2. The molecule has 1 unspecified atom stereocenters. The third kappa shape index (κ3) is 4.38. The van der Waals surface area contributed by atoms with Crippen LogP contribution in [0.15, 0.2) is 15.9 Å². The van der Waals surface area contributed by atoms with Crippen LogP contribution in [0.5, 0.6) is 0 Å². The lowest BCUT2D eigenvalue weighted by atomic mass is 10.2. The van der Waals surface area contributed by atoms with Crippen LogP contribution in [0.25, 0.3) is 0 Å². The van der Waals surface area contributed by atoms with Crippen molar-refractivity contribution in [3.63, 3.8) is 0 Å². The maximum atomic E-state index is 12.1. The van der Waals surface area contributed by atoms with Crippen molar-refractivity contribution in [3.8, 4) is 0 Å². The second-order valence-corrected chi connectivity index (χ2v) is 7.74. The highest BCUT2D eigenvalue weighted by Crippen LogP contribution is 2.28. The molecule has 0 spiro atoms. The Balaban J connectivity index is 1.87. The Kier molecular flexibility index (Phi) is 4.73. The summed E-state index contributed by atoms with van der Waals surface area (Å²) in [4.78, 5) is 18.2. The number of thiazole rings is 1. The fourth-order valence-electron chi connectivity index (χ4n) is 2.02. The summed E-state index contributed by atoms with van der Waals surface area (Å²) in [6, 6.07) is 0.267. The molecule has 2 heterocycles. The Morgan fingerprint density at radius 3 is 3.05 bits per heavy atom. The number of carbonyl (C=O) groups is 1. The number of hydrogen-bond donors (Lipinski definition) is 0. The first-order valence-electron chi connectivity index (χ1n) is 6.47. The molecule has 106 valence electrons. The summed E-state index contributed by atoms with van der Waals surface area (Å²) in [6.45, 7) is 6.51. The quantitative estimate of drug-likeness (QED) is 0.799. The lowest BCUT2D eigenvalue weighted by molar-refractivity contribution is 0.0242. The van der Waals surface area contributed by atoms with Crippen LogP contribution >= 0.6 is 23.1 Å². The van der Waals surface area contributed by atoms with Crippen molar-refractivity contribution in [2.75, 3.05) is 12.3 Å². The summed E-state index contributed by atoms with van der Waals surface area (Å²) in [5, 5.41) is 1.97. The number of thioether (sulfide) groups is 1. The molecule has 2 rings (SSSR count). The zero-order valence-electron chi connectivity index (χ0n) is 11.6. The highest BCUT2D eigenvalue weighted by atomic mass is 32.2. The van der Waals surface area contributed by atoms with Crippen LogP contribution in [0, 0.1) is 0 Å². The van der Waals surface area contributed by atoms with E-state index in [9.17, 15) is 4.79 Å². The first-order valence-corrected chi connectivity index (χ1v) is 8.34. The maximum Gasteiger partial charge on any atom is 0.410 e. The smallest absolute Gasteiger partial charge is 0.410 e. The number of ether oxygens (including phenoxy) is 1. The number of amides is 1. The fourth-order valence-corrected chi connectivity index (χ4v) is 3.84. The van der Waals surface area contributed by atoms with Crippen molar-refractivity contribution in [1.29, 1.82) is 0 Å². The van der Waals surface area contributed by atoms with Crippen molar-refractivity contribution in [1.82, 2.24) is 9.88 Å². The molecule has 0 N–H and O–H groups in total. The molecule has 6 heteroatoms. The summed E-state index contributed by atoms with van der Waals surface area (Å²) in [5.74, 6) is 0.896. The van der Waals surface area contributed by atoms with E-state index in [1.807, 2.05) is 37.2 Å². The van der Waals surface area contributed by atoms with Crippen LogP contribution in [0.2, 0.25) is 0 Å². The molecule has 1 atom stereocenters. The van der Waals surface area contributed by atoms with E-state index in [0.29, 0.717) is 0 Å². The highest BCUT2D eigenvalue weighted by Gasteiger charge is 2.32. The average Bonchev–Trinajstić information content (AvgIpc) is 2.95. The van der Waals surface area contributed by atoms with Crippen molar-refractivity contribution in [2.24, 2.45) is 0 Å². The molecule has 0 saturated carbocycles. The molecular formula is C13H20N2O2S2. The molecule has 1 aliphatic rings. The Labute approximate surface area is 122 Å². The molecule has 19 heavy (non-hydrogen) atoms. The van der Waals surface area contributed by atoms with Crippen molar-refractivity contribution in [2.45, 2.75) is 49.6 Å². The van der Waals surface area contributed by atoms with E-state index in [0.717, 1.165) is 29.5 Å². The predicted octanol–water partition coefficient (Wildman–Crippen LogP) is 3.63. The SMILES string of the molecule is CC(C)(C)OC(=O)N1CCCC1CSc1nccs1. The zero-order valence-corrected chi connectivity index (χ0v) is 13.2. The number of carbonyl (C=O) groups excluding carboxylic acids is 1. The monoisotopic (exact) mass is 300 g/mol. The number of rotatable bonds is 3. The van der Waals surface area contributed by atoms with E-state index >= 15 is 0 Å². The second kappa shape index (κ2) is 6.13. The first-order chi connectivity index (χ1) is 8.96. The third-order valence-electron chi connectivity index (χ3n) is 2.81. The van der Waals surface area contributed by atoms with Crippen LogP contribution in [-0.4, -0.2) is 39.9 Å². The lowest BCUT2D eigenvalue weighted by Crippen LogP contribution is -2.40. The van der Waals surface area contributed by atoms with Gasteiger partial charge in [-0.15, -0.1) is 11.3 Å². The summed E-state index contributed by atoms with van der Waals surface area (Å²) in [6.07, 6.45) is 3.74. The Bertz CT molecular complexity index is 415. The molecule has 1 amide bonds. The third-order valence-corrected chi connectivity index (χ3v) is 4.92. The van der Waals surface area contributed by atoms with Crippen LogP contribution in [0.3, 0.4) is 0 Å². The van der Waals surface area contributed by atoms with E-state index in [1.165, 1.54) is 0 Å². The molecule has 1 saturated heterocycles. The zero-order chi connectivity index (χ0) is 13.9. The minimum Gasteiger partial charge on any atom is -0.444 e. The molecule has 0 aliphatic carbocycles. The van der Waals surface area contributed by atoms with Crippen LogP contribution in [0.4, 0.5) is 4.79 Å². The standard InChI is InChI=1S/C13H20N2O2S2/c1-13(2,3)17-12(16)15-7-4-5-10(15)9-19-11-14-6-8-18-11/h6,8,10H,4-5,7,9H2,1-3H3. The maximum absolute atomic E-state index is 12.1. The van der Waals surface area contributed by atoms with Crippen molar-refractivity contribution >= 4 is 29.2 Å². The molecular weight excluding hydrogens is 280 g/mol. The van der Waals surface area contributed by atoms with Gasteiger partial charge in [0.05, 0.1) is 0 Å². The highest BCUT2D eigenvalue weighted by molar-refractivity contribution is 8.01. The van der Waals surface area contributed by atoms with Gasteiger partial charge in [0.25, 0.3) is 0 Å². The van der Waals surface area contributed by atoms with Crippen LogP contribution in [-0.2, 0) is 4.74 Å². The Morgan fingerprint density at radius 2 is 2.42 bits per heavy atom.